The number of rotatable bonds is 3. The summed E-state index contributed by atoms with van der Waals surface area (Å²) >= 11 is 0. The van der Waals surface area contributed by atoms with Crippen LogP contribution in [0.1, 0.15) is 11.5 Å². The summed E-state index contributed by atoms with van der Waals surface area (Å²) in [6, 6.07) is 9.43. The van der Waals surface area contributed by atoms with Crippen LogP contribution in [-0.2, 0) is 0 Å². The van der Waals surface area contributed by atoms with Gasteiger partial charge in [0.05, 0.1) is 11.4 Å². The van der Waals surface area contributed by atoms with Crippen LogP contribution in [0.2, 0.25) is 0 Å². The molecule has 0 bridgehead atoms. The highest BCUT2D eigenvalue weighted by molar-refractivity contribution is 5.93. The Morgan fingerprint density at radius 2 is 1.96 bits per heavy atom. The molecule has 4 aromatic rings. The predicted octanol–water partition coefficient (Wildman–Crippen LogP) is 3.62. The summed E-state index contributed by atoms with van der Waals surface area (Å²) in [6.45, 7) is 3.84. The van der Waals surface area contributed by atoms with Gasteiger partial charge in [0.2, 0.25) is 0 Å². The summed E-state index contributed by atoms with van der Waals surface area (Å²) < 4.78 is 5.64. The van der Waals surface area contributed by atoms with Crippen molar-refractivity contribution in [1.82, 2.24) is 19.9 Å². The van der Waals surface area contributed by atoms with E-state index in [1.54, 1.807) is 12.3 Å². The molecule has 0 unspecified atom stereocenters. The fourth-order valence-corrected chi connectivity index (χ4v) is 2.76. The monoisotopic (exact) mass is 332 g/mol. The first-order valence-electron chi connectivity index (χ1n) is 7.78. The van der Waals surface area contributed by atoms with Crippen LogP contribution in [0.4, 0.5) is 17.3 Å². The molecular weight excluding hydrogens is 316 g/mol. The fourth-order valence-electron chi connectivity index (χ4n) is 2.76. The van der Waals surface area contributed by atoms with Crippen LogP contribution >= 0.6 is 0 Å². The van der Waals surface area contributed by atoms with Gasteiger partial charge in [0.15, 0.2) is 5.65 Å². The number of furan rings is 1. The summed E-state index contributed by atoms with van der Waals surface area (Å²) in [5.74, 6) is 2.66. The topological polar surface area (TPSA) is 103 Å². The van der Waals surface area contributed by atoms with Gasteiger partial charge in [-0.15, -0.1) is 0 Å². The minimum Gasteiger partial charge on any atom is -0.466 e. The van der Waals surface area contributed by atoms with Gasteiger partial charge in [-0.1, -0.05) is 0 Å². The molecule has 4 heterocycles. The molecule has 7 nitrogen and oxygen atoms in total. The van der Waals surface area contributed by atoms with Crippen molar-refractivity contribution in [1.29, 1.82) is 0 Å². The van der Waals surface area contributed by atoms with E-state index in [-0.39, 0.29) is 0 Å². The van der Waals surface area contributed by atoms with Gasteiger partial charge in [0, 0.05) is 23.2 Å². The molecule has 0 amide bonds. The molecule has 0 atom stereocenters. The minimum absolute atomic E-state index is 0.399. The quantitative estimate of drug-likeness (QED) is 0.590. The molecule has 0 aliphatic rings. The first-order chi connectivity index (χ1) is 12.1. The number of nitrogens with one attached hydrogen (secondary N) is 1. The van der Waals surface area contributed by atoms with Crippen LogP contribution in [0, 0.1) is 13.8 Å². The SMILES string of the molecule is Cc1cc(-c2cc(Nc3cc(N)ncn3)c3cccnc3n2)c(C)o1. The highest BCUT2D eigenvalue weighted by atomic mass is 16.3. The van der Waals surface area contributed by atoms with Gasteiger partial charge >= 0.3 is 0 Å². The zero-order valence-corrected chi connectivity index (χ0v) is 13.8. The Labute approximate surface area is 144 Å². The molecule has 0 saturated carbocycles. The summed E-state index contributed by atoms with van der Waals surface area (Å²) in [6.07, 6.45) is 3.14. The van der Waals surface area contributed by atoms with Crippen molar-refractivity contribution < 1.29 is 4.42 Å². The van der Waals surface area contributed by atoms with Gasteiger partial charge in [-0.3, -0.25) is 0 Å². The largest absolute Gasteiger partial charge is 0.466 e. The number of pyridine rings is 2. The second kappa shape index (κ2) is 5.86. The van der Waals surface area contributed by atoms with E-state index in [9.17, 15) is 0 Å². The Balaban J connectivity index is 1.88. The van der Waals surface area contributed by atoms with Gasteiger partial charge < -0.3 is 15.5 Å². The molecule has 0 aromatic carbocycles. The number of aryl methyl sites for hydroxylation is 2. The number of nitrogen functional groups attached to an aromatic ring is 1. The Hall–Kier alpha value is -3.48. The Bertz CT molecular complexity index is 1070. The summed E-state index contributed by atoms with van der Waals surface area (Å²) in [5.41, 5.74) is 8.94. The maximum atomic E-state index is 5.74. The maximum Gasteiger partial charge on any atom is 0.161 e. The highest BCUT2D eigenvalue weighted by Crippen LogP contribution is 2.32. The summed E-state index contributed by atoms with van der Waals surface area (Å²) in [5, 5.41) is 4.17. The fraction of sp³-hybridized carbons (Fsp3) is 0.111. The van der Waals surface area contributed by atoms with Crippen molar-refractivity contribution >= 4 is 28.4 Å². The Morgan fingerprint density at radius 1 is 1.08 bits per heavy atom. The molecule has 0 saturated heterocycles. The van der Waals surface area contributed by atoms with Crippen molar-refractivity contribution in [3.63, 3.8) is 0 Å². The lowest BCUT2D eigenvalue weighted by Crippen LogP contribution is -1.99. The van der Waals surface area contributed by atoms with E-state index in [0.29, 0.717) is 17.3 Å². The third kappa shape index (κ3) is 2.87. The molecular formula is C18H16N6O. The highest BCUT2D eigenvalue weighted by Gasteiger charge is 2.13. The van der Waals surface area contributed by atoms with E-state index in [1.807, 2.05) is 38.1 Å². The van der Waals surface area contributed by atoms with Crippen LogP contribution in [0.5, 0.6) is 0 Å². The van der Waals surface area contributed by atoms with Gasteiger partial charge in [-0.05, 0) is 38.1 Å². The number of fused-ring (bicyclic) bond motifs is 1. The second-order valence-electron chi connectivity index (χ2n) is 5.71. The van der Waals surface area contributed by atoms with Crippen LogP contribution in [0.25, 0.3) is 22.3 Å². The van der Waals surface area contributed by atoms with Crippen LogP contribution in [0.15, 0.2) is 47.3 Å². The number of anilines is 3. The molecule has 4 rings (SSSR count). The van der Waals surface area contributed by atoms with Gasteiger partial charge in [-0.25, -0.2) is 19.9 Å². The molecule has 0 aliphatic carbocycles. The van der Waals surface area contributed by atoms with Crippen LogP contribution in [0.3, 0.4) is 0 Å². The lowest BCUT2D eigenvalue weighted by Gasteiger charge is -2.11. The van der Waals surface area contributed by atoms with Gasteiger partial charge in [0.25, 0.3) is 0 Å². The van der Waals surface area contributed by atoms with Crippen molar-refractivity contribution in [2.45, 2.75) is 13.8 Å². The molecule has 0 radical (unpaired) electrons. The molecule has 3 N–H and O–H groups in total. The molecule has 124 valence electrons. The zero-order valence-electron chi connectivity index (χ0n) is 13.8. The Kier molecular flexibility index (Phi) is 3.53. The standard InChI is InChI=1S/C18H16N6O/c1-10-6-13(11(2)25-10)15-7-14(12-4-3-5-20-18(12)24-15)23-17-8-16(19)21-9-22-17/h3-9H,1-2H3,(H3,19,20,21,22,23,24). The van der Waals surface area contributed by atoms with Crippen LogP contribution in [-0.4, -0.2) is 19.9 Å². The molecule has 4 aromatic heterocycles. The first kappa shape index (κ1) is 15.1. The number of nitrogens with zero attached hydrogens (tertiary/aromatic N) is 4. The number of nitrogens with two attached hydrogens (primary N) is 1. The molecule has 7 heteroatoms. The van der Waals surface area contributed by atoms with E-state index in [4.69, 9.17) is 10.2 Å². The lowest BCUT2D eigenvalue weighted by atomic mass is 10.1. The third-order valence-corrected chi connectivity index (χ3v) is 3.85. The minimum atomic E-state index is 0.399. The van der Waals surface area contributed by atoms with Crippen molar-refractivity contribution in [3.05, 3.63) is 54.4 Å². The van der Waals surface area contributed by atoms with E-state index < -0.39 is 0 Å². The van der Waals surface area contributed by atoms with Crippen molar-refractivity contribution in [3.8, 4) is 11.3 Å². The van der Waals surface area contributed by atoms with E-state index >= 15 is 0 Å². The number of hydrogen-bond donors (Lipinski definition) is 2. The number of hydrogen-bond acceptors (Lipinski definition) is 7. The average Bonchev–Trinajstić information content (AvgIpc) is 2.93. The summed E-state index contributed by atoms with van der Waals surface area (Å²) in [7, 11) is 0. The third-order valence-electron chi connectivity index (χ3n) is 3.85. The second-order valence-corrected chi connectivity index (χ2v) is 5.71. The number of aromatic nitrogens is 4. The van der Waals surface area contributed by atoms with Crippen molar-refractivity contribution in [2.24, 2.45) is 0 Å². The molecule has 0 aliphatic heterocycles. The van der Waals surface area contributed by atoms with E-state index in [1.165, 1.54) is 6.33 Å². The molecule has 25 heavy (non-hydrogen) atoms. The van der Waals surface area contributed by atoms with E-state index in [0.717, 1.165) is 33.9 Å². The van der Waals surface area contributed by atoms with Crippen LogP contribution < -0.4 is 11.1 Å². The normalized spacial score (nSPS) is 11.0. The van der Waals surface area contributed by atoms with Gasteiger partial charge in [0.1, 0.15) is 29.5 Å². The lowest BCUT2D eigenvalue weighted by molar-refractivity contribution is 0.505. The predicted molar refractivity (Wildman–Crippen MR) is 96.4 cm³/mol. The zero-order chi connectivity index (χ0) is 17.4. The average molecular weight is 332 g/mol. The molecule has 0 spiro atoms. The smallest absolute Gasteiger partial charge is 0.161 e. The first-order valence-corrected chi connectivity index (χ1v) is 7.78. The van der Waals surface area contributed by atoms with E-state index in [2.05, 4.69) is 25.3 Å². The molecule has 0 fully saturated rings. The maximum absolute atomic E-state index is 5.74. The Morgan fingerprint density at radius 3 is 2.72 bits per heavy atom. The van der Waals surface area contributed by atoms with Crippen molar-refractivity contribution in [2.75, 3.05) is 11.1 Å². The van der Waals surface area contributed by atoms with Gasteiger partial charge in [-0.2, -0.15) is 0 Å². The summed E-state index contributed by atoms with van der Waals surface area (Å²) in [4.78, 5) is 17.2.